The summed E-state index contributed by atoms with van der Waals surface area (Å²) in [5, 5.41) is 36.6. The molecular formula is C13H12O8. The molecule has 1 rings (SSSR count). The summed E-state index contributed by atoms with van der Waals surface area (Å²) in [6.07, 6.45) is -1.42. The van der Waals surface area contributed by atoms with Crippen molar-refractivity contribution in [1.82, 2.24) is 0 Å². The van der Waals surface area contributed by atoms with Gasteiger partial charge in [0.25, 0.3) is 0 Å². The lowest BCUT2D eigenvalue weighted by Gasteiger charge is -2.27. The van der Waals surface area contributed by atoms with E-state index in [1.165, 1.54) is 24.3 Å². The van der Waals surface area contributed by atoms with Crippen LogP contribution in [0.4, 0.5) is 0 Å². The molecule has 21 heavy (non-hydrogen) atoms. The molecule has 1 aromatic rings. The third-order valence-corrected chi connectivity index (χ3v) is 2.84. The Labute approximate surface area is 118 Å². The molecule has 0 aliphatic rings. The molecule has 0 radical (unpaired) electrons. The first-order valence-corrected chi connectivity index (χ1v) is 5.69. The Kier molecular flexibility index (Phi) is 4.77. The summed E-state index contributed by atoms with van der Waals surface area (Å²) in [7, 11) is 0. The largest absolute Gasteiger partial charge is 0.481 e. The van der Waals surface area contributed by atoms with Crippen LogP contribution in [0.15, 0.2) is 30.3 Å². The zero-order chi connectivity index (χ0) is 16.2. The van der Waals surface area contributed by atoms with Crippen molar-refractivity contribution in [3.63, 3.8) is 0 Å². The van der Waals surface area contributed by atoms with Crippen LogP contribution in [0, 0.1) is 5.92 Å². The number of hydrogen-bond donors (Lipinski definition) is 4. The number of carboxylic acids is 3. The van der Waals surface area contributed by atoms with Gasteiger partial charge < -0.3 is 20.4 Å². The second-order valence-corrected chi connectivity index (χ2v) is 4.30. The highest BCUT2D eigenvalue weighted by Gasteiger charge is 2.53. The van der Waals surface area contributed by atoms with Gasteiger partial charge in [-0.3, -0.25) is 14.4 Å². The van der Waals surface area contributed by atoms with E-state index in [4.69, 9.17) is 15.3 Å². The van der Waals surface area contributed by atoms with Gasteiger partial charge in [0.2, 0.25) is 0 Å². The molecule has 0 bridgehead atoms. The molecule has 0 fully saturated rings. The molecule has 2 unspecified atom stereocenters. The molecule has 1 aromatic carbocycles. The predicted molar refractivity (Wildman–Crippen MR) is 66.7 cm³/mol. The molecule has 0 saturated heterocycles. The van der Waals surface area contributed by atoms with Gasteiger partial charge in [0.1, 0.15) is 0 Å². The van der Waals surface area contributed by atoms with E-state index in [-0.39, 0.29) is 5.56 Å². The number of aliphatic hydroxyl groups is 1. The van der Waals surface area contributed by atoms with Gasteiger partial charge in [-0.2, -0.15) is 0 Å². The van der Waals surface area contributed by atoms with E-state index in [0.717, 1.165) is 0 Å². The summed E-state index contributed by atoms with van der Waals surface area (Å²) in [4.78, 5) is 45.1. The van der Waals surface area contributed by atoms with E-state index in [1.54, 1.807) is 6.07 Å². The molecule has 8 nitrogen and oxygen atoms in total. The van der Waals surface area contributed by atoms with Crippen LogP contribution in [0.2, 0.25) is 0 Å². The van der Waals surface area contributed by atoms with E-state index in [1.807, 2.05) is 0 Å². The van der Waals surface area contributed by atoms with Crippen molar-refractivity contribution in [2.75, 3.05) is 0 Å². The van der Waals surface area contributed by atoms with Gasteiger partial charge in [0, 0.05) is 5.56 Å². The lowest BCUT2D eigenvalue weighted by Crippen LogP contribution is -2.54. The van der Waals surface area contributed by atoms with Crippen LogP contribution in [0.3, 0.4) is 0 Å². The minimum absolute atomic E-state index is 0.144. The lowest BCUT2D eigenvalue weighted by molar-refractivity contribution is -0.175. The van der Waals surface area contributed by atoms with Crippen molar-refractivity contribution in [2.45, 2.75) is 12.0 Å². The number of benzene rings is 1. The zero-order valence-corrected chi connectivity index (χ0v) is 10.6. The molecule has 4 N–H and O–H groups in total. The van der Waals surface area contributed by atoms with Crippen molar-refractivity contribution in [3.8, 4) is 0 Å². The van der Waals surface area contributed by atoms with Gasteiger partial charge >= 0.3 is 17.9 Å². The summed E-state index contributed by atoms with van der Waals surface area (Å²) in [5.74, 6) is -9.38. The van der Waals surface area contributed by atoms with E-state index in [2.05, 4.69) is 0 Å². The Balaban J connectivity index is 3.33. The fourth-order valence-corrected chi connectivity index (χ4v) is 1.83. The first-order valence-electron chi connectivity index (χ1n) is 5.69. The van der Waals surface area contributed by atoms with Crippen molar-refractivity contribution >= 4 is 23.7 Å². The topological polar surface area (TPSA) is 149 Å². The average molecular weight is 296 g/mol. The maximum Gasteiger partial charge on any atom is 0.337 e. The third kappa shape index (κ3) is 3.42. The summed E-state index contributed by atoms with van der Waals surface area (Å²) in [5.41, 5.74) is -3.39. The second kappa shape index (κ2) is 6.14. The van der Waals surface area contributed by atoms with Gasteiger partial charge in [0.05, 0.1) is 6.42 Å². The zero-order valence-electron chi connectivity index (χ0n) is 10.6. The van der Waals surface area contributed by atoms with Gasteiger partial charge in [-0.1, -0.05) is 30.3 Å². The molecule has 8 heteroatoms. The van der Waals surface area contributed by atoms with Gasteiger partial charge in [-0.25, -0.2) is 4.79 Å². The van der Waals surface area contributed by atoms with Crippen molar-refractivity contribution in [1.29, 1.82) is 0 Å². The normalized spacial score (nSPS) is 14.7. The average Bonchev–Trinajstić information content (AvgIpc) is 2.38. The Hall–Kier alpha value is -2.74. The molecule has 112 valence electrons. The molecule has 0 aliphatic carbocycles. The van der Waals surface area contributed by atoms with Crippen molar-refractivity contribution in [3.05, 3.63) is 35.9 Å². The van der Waals surface area contributed by atoms with E-state index in [9.17, 15) is 24.3 Å². The summed E-state index contributed by atoms with van der Waals surface area (Å²) in [6.45, 7) is 0. The minimum Gasteiger partial charge on any atom is -0.481 e. The molecule has 2 atom stereocenters. The number of hydrogen-bond acceptors (Lipinski definition) is 5. The molecule has 0 aromatic heterocycles. The second-order valence-electron chi connectivity index (χ2n) is 4.30. The number of carboxylic acid groups (broad SMARTS) is 3. The number of ketones is 1. The number of rotatable bonds is 7. The minimum atomic E-state index is -3.25. The standard InChI is InChI=1S/C13H12O8/c14-8(15)6-13(21,12(19)20)9(11(17)18)10(16)7-4-2-1-3-5-7/h1-5,9,21H,6H2,(H,14,15)(H,17,18)(H,19,20). The van der Waals surface area contributed by atoms with Crippen molar-refractivity contribution in [2.24, 2.45) is 5.92 Å². The van der Waals surface area contributed by atoms with Crippen LogP contribution in [-0.4, -0.2) is 49.7 Å². The van der Waals surface area contributed by atoms with Gasteiger partial charge in [0.15, 0.2) is 17.3 Å². The van der Waals surface area contributed by atoms with Crippen LogP contribution < -0.4 is 0 Å². The van der Waals surface area contributed by atoms with Crippen LogP contribution in [0.5, 0.6) is 0 Å². The van der Waals surface area contributed by atoms with E-state index in [0.29, 0.717) is 0 Å². The summed E-state index contributed by atoms with van der Waals surface area (Å²) < 4.78 is 0. The molecule has 0 heterocycles. The monoisotopic (exact) mass is 296 g/mol. The van der Waals surface area contributed by atoms with Gasteiger partial charge in [-0.15, -0.1) is 0 Å². The first kappa shape index (κ1) is 16.3. The highest BCUT2D eigenvalue weighted by atomic mass is 16.4. The van der Waals surface area contributed by atoms with Crippen molar-refractivity contribution < 1.29 is 39.6 Å². The highest BCUT2D eigenvalue weighted by Crippen LogP contribution is 2.26. The molecule has 0 aliphatic heterocycles. The quantitative estimate of drug-likeness (QED) is 0.401. The number of carbonyl (C=O) groups excluding carboxylic acids is 1. The molecular weight excluding hydrogens is 284 g/mol. The van der Waals surface area contributed by atoms with Crippen LogP contribution in [0.25, 0.3) is 0 Å². The Bertz CT molecular complexity index is 579. The molecule has 0 spiro atoms. The first-order chi connectivity index (χ1) is 9.70. The Morgan fingerprint density at radius 1 is 1.00 bits per heavy atom. The van der Waals surface area contributed by atoms with Crippen LogP contribution in [0.1, 0.15) is 16.8 Å². The predicted octanol–water partition coefficient (Wildman–Crippen LogP) is -0.139. The smallest absolute Gasteiger partial charge is 0.337 e. The fourth-order valence-electron chi connectivity index (χ4n) is 1.83. The van der Waals surface area contributed by atoms with Crippen LogP contribution in [-0.2, 0) is 14.4 Å². The summed E-state index contributed by atoms with van der Waals surface area (Å²) in [6, 6.07) is 6.86. The number of Topliss-reactive ketones (excluding diaryl/α,β-unsaturated/α-hetero) is 1. The van der Waals surface area contributed by atoms with E-state index >= 15 is 0 Å². The van der Waals surface area contributed by atoms with Gasteiger partial charge in [-0.05, 0) is 0 Å². The van der Waals surface area contributed by atoms with E-state index < -0.39 is 41.6 Å². The van der Waals surface area contributed by atoms with Crippen LogP contribution >= 0.6 is 0 Å². The lowest BCUT2D eigenvalue weighted by atomic mass is 9.79. The number of carbonyl (C=O) groups is 4. The SMILES string of the molecule is O=C(O)CC(O)(C(=O)O)C(C(=O)O)C(=O)c1ccccc1. The Morgan fingerprint density at radius 3 is 1.90 bits per heavy atom. The molecule has 0 amide bonds. The fraction of sp³-hybridized carbons (Fsp3) is 0.231. The number of aliphatic carboxylic acids is 3. The maximum atomic E-state index is 12.1. The molecule has 0 saturated carbocycles. The third-order valence-electron chi connectivity index (χ3n) is 2.84. The maximum absolute atomic E-state index is 12.1. The highest BCUT2D eigenvalue weighted by molar-refractivity contribution is 6.12. The summed E-state index contributed by atoms with van der Waals surface area (Å²) >= 11 is 0. The Morgan fingerprint density at radius 2 is 1.52 bits per heavy atom.